The second kappa shape index (κ2) is 5.09. The van der Waals surface area contributed by atoms with E-state index in [9.17, 15) is 4.79 Å². The summed E-state index contributed by atoms with van der Waals surface area (Å²) >= 11 is 3.48. The fraction of sp³-hybridized carbons (Fsp3) is 0.0667. The Balaban J connectivity index is 2.21. The molecular formula is C15H11BrN2O2. The molecule has 0 amide bonds. The highest BCUT2D eigenvalue weighted by molar-refractivity contribution is 9.10. The minimum absolute atomic E-state index is 0.0759. The van der Waals surface area contributed by atoms with Crippen LogP contribution in [0.3, 0.4) is 0 Å². The lowest BCUT2D eigenvalue weighted by molar-refractivity contribution is -0.136. The Morgan fingerprint density at radius 1 is 1.25 bits per heavy atom. The molecule has 20 heavy (non-hydrogen) atoms. The number of halogens is 1. The minimum atomic E-state index is -0.881. The summed E-state index contributed by atoms with van der Waals surface area (Å²) in [6.07, 6.45) is 3.55. The van der Waals surface area contributed by atoms with Gasteiger partial charge in [-0.15, -0.1) is 0 Å². The van der Waals surface area contributed by atoms with Crippen molar-refractivity contribution in [1.29, 1.82) is 0 Å². The van der Waals surface area contributed by atoms with Crippen LogP contribution in [0.5, 0.6) is 0 Å². The molecule has 0 aliphatic heterocycles. The van der Waals surface area contributed by atoms with Crippen LogP contribution in [0.1, 0.15) is 5.69 Å². The number of carbonyl (C=O) groups is 1. The van der Waals surface area contributed by atoms with Crippen LogP contribution in [-0.4, -0.2) is 20.5 Å². The lowest BCUT2D eigenvalue weighted by Gasteiger charge is -2.05. The van der Waals surface area contributed by atoms with E-state index in [0.717, 1.165) is 21.2 Å². The predicted molar refractivity (Wildman–Crippen MR) is 79.7 cm³/mol. The lowest BCUT2D eigenvalue weighted by atomic mass is 10.1. The van der Waals surface area contributed by atoms with Crippen LogP contribution in [0, 0.1) is 0 Å². The van der Waals surface area contributed by atoms with Gasteiger partial charge in [0.1, 0.15) is 5.65 Å². The number of rotatable bonds is 3. The lowest BCUT2D eigenvalue weighted by Crippen LogP contribution is -1.99. The molecule has 0 fully saturated rings. The molecule has 0 aliphatic carbocycles. The number of carboxylic acid groups (broad SMARTS) is 1. The van der Waals surface area contributed by atoms with Gasteiger partial charge >= 0.3 is 5.97 Å². The van der Waals surface area contributed by atoms with Gasteiger partial charge in [0, 0.05) is 22.4 Å². The average molecular weight is 331 g/mol. The van der Waals surface area contributed by atoms with E-state index < -0.39 is 5.97 Å². The number of imidazole rings is 1. The second-order valence-corrected chi connectivity index (χ2v) is 5.39. The normalized spacial score (nSPS) is 10.8. The van der Waals surface area contributed by atoms with Crippen molar-refractivity contribution in [1.82, 2.24) is 9.38 Å². The number of nitrogens with zero attached hydrogens (tertiary/aromatic N) is 2. The van der Waals surface area contributed by atoms with Gasteiger partial charge in [0.25, 0.3) is 0 Å². The Hall–Kier alpha value is -2.14. The Morgan fingerprint density at radius 2 is 2.00 bits per heavy atom. The first-order chi connectivity index (χ1) is 9.63. The fourth-order valence-electron chi connectivity index (χ4n) is 2.18. The molecule has 0 atom stereocenters. The third-order valence-corrected chi connectivity index (χ3v) is 3.42. The van der Waals surface area contributed by atoms with E-state index in [1.54, 1.807) is 6.20 Å². The number of aliphatic carboxylic acids is 1. The monoisotopic (exact) mass is 330 g/mol. The molecular weight excluding hydrogens is 320 g/mol. The zero-order valence-electron chi connectivity index (χ0n) is 10.5. The highest BCUT2D eigenvalue weighted by Gasteiger charge is 2.11. The first kappa shape index (κ1) is 12.9. The summed E-state index contributed by atoms with van der Waals surface area (Å²) in [4.78, 5) is 15.2. The van der Waals surface area contributed by atoms with E-state index >= 15 is 0 Å². The molecule has 0 bridgehead atoms. The molecule has 0 saturated heterocycles. The maximum Gasteiger partial charge on any atom is 0.309 e. The quantitative estimate of drug-likeness (QED) is 0.800. The maximum absolute atomic E-state index is 10.8. The van der Waals surface area contributed by atoms with E-state index in [0.29, 0.717) is 5.69 Å². The summed E-state index contributed by atoms with van der Waals surface area (Å²) in [5, 5.41) is 8.87. The van der Waals surface area contributed by atoms with Gasteiger partial charge in [-0.3, -0.25) is 4.79 Å². The number of benzene rings is 1. The van der Waals surface area contributed by atoms with Crippen LogP contribution >= 0.6 is 15.9 Å². The van der Waals surface area contributed by atoms with Crippen molar-refractivity contribution < 1.29 is 9.90 Å². The first-order valence-corrected chi connectivity index (χ1v) is 6.87. The number of fused-ring (bicyclic) bond motifs is 1. The van der Waals surface area contributed by atoms with Crippen LogP contribution in [0.25, 0.3) is 16.8 Å². The van der Waals surface area contributed by atoms with Crippen molar-refractivity contribution >= 4 is 27.5 Å². The van der Waals surface area contributed by atoms with E-state index in [-0.39, 0.29) is 6.42 Å². The second-order valence-electron chi connectivity index (χ2n) is 4.47. The van der Waals surface area contributed by atoms with Gasteiger partial charge in [0.05, 0.1) is 12.1 Å². The SMILES string of the molecule is O=C(O)Cc1cn2cc(Br)cc(-c3ccccc3)c2n1. The summed E-state index contributed by atoms with van der Waals surface area (Å²) in [5.74, 6) is -0.881. The van der Waals surface area contributed by atoms with Gasteiger partial charge in [-0.2, -0.15) is 0 Å². The summed E-state index contributed by atoms with van der Waals surface area (Å²) in [7, 11) is 0. The molecule has 2 aromatic heterocycles. The third-order valence-electron chi connectivity index (χ3n) is 2.98. The Kier molecular flexibility index (Phi) is 3.28. The Labute approximate surface area is 123 Å². The summed E-state index contributed by atoms with van der Waals surface area (Å²) in [5.41, 5.74) is 3.33. The van der Waals surface area contributed by atoms with Gasteiger partial charge < -0.3 is 9.51 Å². The van der Waals surface area contributed by atoms with E-state index in [1.165, 1.54) is 0 Å². The van der Waals surface area contributed by atoms with Crippen molar-refractivity contribution in [3.05, 3.63) is 59.0 Å². The molecule has 0 spiro atoms. The Bertz CT molecular complexity index is 781. The molecule has 4 nitrogen and oxygen atoms in total. The number of pyridine rings is 1. The van der Waals surface area contributed by atoms with Gasteiger partial charge in [-0.05, 0) is 27.6 Å². The number of hydrogen-bond acceptors (Lipinski definition) is 2. The topological polar surface area (TPSA) is 54.6 Å². The molecule has 1 aromatic carbocycles. The van der Waals surface area contributed by atoms with Crippen LogP contribution in [-0.2, 0) is 11.2 Å². The molecule has 0 radical (unpaired) electrons. The van der Waals surface area contributed by atoms with Crippen LogP contribution in [0.15, 0.2) is 53.3 Å². The largest absolute Gasteiger partial charge is 0.481 e. The first-order valence-electron chi connectivity index (χ1n) is 6.08. The average Bonchev–Trinajstić information content (AvgIpc) is 2.79. The molecule has 2 heterocycles. The molecule has 5 heteroatoms. The molecule has 0 saturated carbocycles. The van der Waals surface area contributed by atoms with Crippen molar-refractivity contribution in [3.63, 3.8) is 0 Å². The molecule has 3 aromatic rings. The maximum atomic E-state index is 10.8. The zero-order valence-corrected chi connectivity index (χ0v) is 12.0. The number of carboxylic acids is 1. The van der Waals surface area contributed by atoms with Crippen molar-refractivity contribution in [2.45, 2.75) is 6.42 Å². The smallest absolute Gasteiger partial charge is 0.309 e. The van der Waals surface area contributed by atoms with Crippen molar-refractivity contribution in [2.75, 3.05) is 0 Å². The minimum Gasteiger partial charge on any atom is -0.481 e. The van der Waals surface area contributed by atoms with Crippen LogP contribution in [0.2, 0.25) is 0 Å². The molecule has 1 N–H and O–H groups in total. The van der Waals surface area contributed by atoms with Gasteiger partial charge in [0.2, 0.25) is 0 Å². The molecule has 100 valence electrons. The summed E-state index contributed by atoms with van der Waals surface area (Å²) < 4.78 is 2.77. The van der Waals surface area contributed by atoms with Crippen LogP contribution in [0.4, 0.5) is 0 Å². The third kappa shape index (κ3) is 2.44. The van der Waals surface area contributed by atoms with Gasteiger partial charge in [-0.1, -0.05) is 30.3 Å². The zero-order chi connectivity index (χ0) is 14.1. The van der Waals surface area contributed by atoms with Crippen LogP contribution < -0.4 is 0 Å². The fourth-order valence-corrected chi connectivity index (χ4v) is 2.63. The Morgan fingerprint density at radius 3 is 2.70 bits per heavy atom. The van der Waals surface area contributed by atoms with E-state index in [4.69, 9.17) is 5.11 Å². The molecule has 0 unspecified atom stereocenters. The van der Waals surface area contributed by atoms with E-state index in [2.05, 4.69) is 20.9 Å². The molecule has 0 aliphatic rings. The number of aromatic nitrogens is 2. The van der Waals surface area contributed by atoms with Gasteiger partial charge in [0.15, 0.2) is 0 Å². The summed E-state index contributed by atoms with van der Waals surface area (Å²) in [6, 6.07) is 11.9. The standard InChI is InChI=1S/C15H11BrN2O2/c16-11-6-13(10-4-2-1-3-5-10)15-17-12(7-14(19)20)9-18(15)8-11/h1-6,8-9H,7H2,(H,19,20). The van der Waals surface area contributed by atoms with Gasteiger partial charge in [-0.25, -0.2) is 4.98 Å². The molecule has 3 rings (SSSR count). The number of hydrogen-bond donors (Lipinski definition) is 1. The van der Waals surface area contributed by atoms with Crippen molar-refractivity contribution in [3.8, 4) is 11.1 Å². The highest BCUT2D eigenvalue weighted by Crippen LogP contribution is 2.27. The highest BCUT2D eigenvalue weighted by atomic mass is 79.9. The van der Waals surface area contributed by atoms with E-state index in [1.807, 2.05) is 47.0 Å². The summed E-state index contributed by atoms with van der Waals surface area (Å²) in [6.45, 7) is 0. The van der Waals surface area contributed by atoms with Crippen molar-refractivity contribution in [2.24, 2.45) is 0 Å². The predicted octanol–water partition coefficient (Wildman–Crippen LogP) is 3.39.